The van der Waals surface area contributed by atoms with Crippen LogP contribution in [0.3, 0.4) is 0 Å². The molecule has 0 saturated carbocycles. The summed E-state index contributed by atoms with van der Waals surface area (Å²) in [6.07, 6.45) is 4.08. The van der Waals surface area contributed by atoms with Gasteiger partial charge in [0.15, 0.2) is 0 Å². The molecule has 1 nitrogen and oxygen atoms in total. The molecule has 3 heteroatoms. The summed E-state index contributed by atoms with van der Waals surface area (Å²) in [6, 6.07) is 10.2. The Morgan fingerprint density at radius 2 is 1.80 bits per heavy atom. The number of nitrogens with zero attached hydrogens (tertiary/aromatic N) is 1. The van der Waals surface area contributed by atoms with Gasteiger partial charge in [-0.2, -0.15) is 0 Å². The minimum atomic E-state index is 0. The Kier molecular flexibility index (Phi) is 5.05. The van der Waals surface area contributed by atoms with E-state index in [0.29, 0.717) is 5.92 Å². The van der Waals surface area contributed by atoms with Gasteiger partial charge in [-0.1, -0.05) is 37.6 Å². The Labute approximate surface area is 134 Å². The van der Waals surface area contributed by atoms with Crippen LogP contribution in [0.1, 0.15) is 44.6 Å². The molecule has 0 N–H and O–H groups in total. The predicted octanol–water partition coefficient (Wildman–Crippen LogP) is 4.98. The minimum absolute atomic E-state index is 0. The maximum atomic E-state index is 6.03. The van der Waals surface area contributed by atoms with E-state index >= 15 is 0 Å². The van der Waals surface area contributed by atoms with E-state index in [1.807, 2.05) is 0 Å². The lowest BCUT2D eigenvalue weighted by Crippen LogP contribution is -2.47. The van der Waals surface area contributed by atoms with Crippen LogP contribution in [0.4, 0.5) is 0 Å². The maximum absolute atomic E-state index is 6.03. The molecule has 112 valence electrons. The number of piperidine rings is 1. The summed E-state index contributed by atoms with van der Waals surface area (Å²) in [6.45, 7) is 4.78. The highest BCUT2D eigenvalue weighted by molar-refractivity contribution is 6.30. The summed E-state index contributed by atoms with van der Waals surface area (Å²) in [5.41, 5.74) is 1.49. The quantitative estimate of drug-likeness (QED) is 0.744. The lowest BCUT2D eigenvalue weighted by atomic mass is 9.71. The first-order valence-corrected chi connectivity index (χ1v) is 7.93. The molecule has 4 atom stereocenters. The predicted molar refractivity (Wildman–Crippen MR) is 89.0 cm³/mol. The Balaban J connectivity index is 0.00000147. The summed E-state index contributed by atoms with van der Waals surface area (Å²) < 4.78 is 0. The first-order chi connectivity index (χ1) is 9.08. The second kappa shape index (κ2) is 6.25. The van der Waals surface area contributed by atoms with Crippen molar-refractivity contribution in [1.29, 1.82) is 0 Å². The summed E-state index contributed by atoms with van der Waals surface area (Å²) in [5.74, 6) is 2.24. The van der Waals surface area contributed by atoms with Gasteiger partial charge in [-0.15, -0.1) is 12.4 Å². The van der Waals surface area contributed by atoms with E-state index in [4.69, 9.17) is 11.6 Å². The Morgan fingerprint density at radius 1 is 1.15 bits per heavy atom. The Bertz CT molecular complexity index is 443. The van der Waals surface area contributed by atoms with Gasteiger partial charge in [0.05, 0.1) is 0 Å². The highest BCUT2D eigenvalue weighted by Gasteiger charge is 2.46. The second-order valence-electron chi connectivity index (χ2n) is 6.68. The fraction of sp³-hybridized carbons (Fsp3) is 0.647. The van der Waals surface area contributed by atoms with Crippen LogP contribution in [-0.4, -0.2) is 24.0 Å². The molecule has 1 aromatic carbocycles. The standard InChI is InChI=1S/C17H24ClN.ClH/c1-11(2)17-15(12-4-6-13(18)7-5-12)10-14-8-9-16(17)19(14)3;/h4-7,11,14-17H,8-10H2,1-3H3;1H. The largest absolute Gasteiger partial charge is 0.300 e. The van der Waals surface area contributed by atoms with Gasteiger partial charge in [0, 0.05) is 17.1 Å². The number of fused-ring (bicyclic) bond motifs is 2. The molecule has 4 unspecified atom stereocenters. The average Bonchev–Trinajstić information content (AvgIpc) is 2.63. The van der Waals surface area contributed by atoms with E-state index in [1.165, 1.54) is 24.8 Å². The first kappa shape index (κ1) is 16.1. The topological polar surface area (TPSA) is 3.24 Å². The molecule has 0 aliphatic carbocycles. The van der Waals surface area contributed by atoms with E-state index in [0.717, 1.165) is 28.9 Å². The molecule has 0 spiro atoms. The van der Waals surface area contributed by atoms with Crippen molar-refractivity contribution in [3.05, 3.63) is 34.9 Å². The molecule has 20 heavy (non-hydrogen) atoms. The van der Waals surface area contributed by atoms with Gasteiger partial charge in [-0.25, -0.2) is 0 Å². The van der Waals surface area contributed by atoms with Crippen molar-refractivity contribution in [2.45, 2.75) is 51.1 Å². The smallest absolute Gasteiger partial charge is 0.0406 e. The molecule has 1 aromatic rings. The van der Waals surface area contributed by atoms with Crippen LogP contribution in [0.15, 0.2) is 24.3 Å². The zero-order chi connectivity index (χ0) is 13.6. The molecule has 2 saturated heterocycles. The van der Waals surface area contributed by atoms with Gasteiger partial charge in [-0.05, 0) is 61.8 Å². The van der Waals surface area contributed by atoms with Crippen molar-refractivity contribution >= 4 is 24.0 Å². The molecule has 0 amide bonds. The van der Waals surface area contributed by atoms with Gasteiger partial charge in [0.1, 0.15) is 0 Å². The van der Waals surface area contributed by atoms with Crippen LogP contribution in [0.5, 0.6) is 0 Å². The molecular formula is C17H25Cl2N. The summed E-state index contributed by atoms with van der Waals surface area (Å²) >= 11 is 6.03. The van der Waals surface area contributed by atoms with Gasteiger partial charge >= 0.3 is 0 Å². The summed E-state index contributed by atoms with van der Waals surface area (Å²) in [4.78, 5) is 2.65. The third-order valence-corrected chi connectivity index (χ3v) is 5.65. The third-order valence-electron chi connectivity index (χ3n) is 5.40. The van der Waals surface area contributed by atoms with Crippen molar-refractivity contribution in [2.75, 3.05) is 7.05 Å². The van der Waals surface area contributed by atoms with E-state index in [-0.39, 0.29) is 12.4 Å². The van der Waals surface area contributed by atoms with Crippen LogP contribution in [0.2, 0.25) is 5.02 Å². The molecule has 0 radical (unpaired) electrons. The van der Waals surface area contributed by atoms with E-state index in [1.54, 1.807) is 0 Å². The number of benzene rings is 1. The summed E-state index contributed by atoms with van der Waals surface area (Å²) in [5, 5.41) is 0.848. The number of halogens is 2. The molecule has 3 rings (SSSR count). The molecule has 2 fully saturated rings. The van der Waals surface area contributed by atoms with Crippen LogP contribution >= 0.6 is 24.0 Å². The number of hydrogen-bond acceptors (Lipinski definition) is 1. The SMILES string of the molecule is CC(C)C1C(c2ccc(Cl)cc2)CC2CCC1N2C.Cl. The molecule has 0 aromatic heterocycles. The lowest BCUT2D eigenvalue weighted by molar-refractivity contribution is 0.0727. The van der Waals surface area contributed by atoms with Crippen molar-refractivity contribution in [3.8, 4) is 0 Å². The van der Waals surface area contributed by atoms with E-state index in [9.17, 15) is 0 Å². The van der Waals surface area contributed by atoms with E-state index in [2.05, 4.69) is 50.1 Å². The Hall–Kier alpha value is -0.240. The van der Waals surface area contributed by atoms with Crippen LogP contribution in [-0.2, 0) is 0 Å². The minimum Gasteiger partial charge on any atom is -0.300 e. The van der Waals surface area contributed by atoms with Gasteiger partial charge in [-0.3, -0.25) is 0 Å². The molecule has 2 aliphatic heterocycles. The number of rotatable bonds is 2. The first-order valence-electron chi connectivity index (χ1n) is 7.55. The van der Waals surface area contributed by atoms with Gasteiger partial charge in [0.2, 0.25) is 0 Å². The Morgan fingerprint density at radius 3 is 2.40 bits per heavy atom. The van der Waals surface area contributed by atoms with Crippen LogP contribution in [0.25, 0.3) is 0 Å². The fourth-order valence-corrected chi connectivity index (χ4v) is 4.61. The van der Waals surface area contributed by atoms with Crippen molar-refractivity contribution in [1.82, 2.24) is 4.90 Å². The third kappa shape index (κ3) is 2.73. The van der Waals surface area contributed by atoms with Crippen LogP contribution < -0.4 is 0 Å². The molecule has 2 bridgehead atoms. The second-order valence-corrected chi connectivity index (χ2v) is 7.12. The normalized spacial score (nSPS) is 33.2. The summed E-state index contributed by atoms with van der Waals surface area (Å²) in [7, 11) is 2.33. The number of hydrogen-bond donors (Lipinski definition) is 0. The molecule has 2 aliphatic rings. The highest BCUT2D eigenvalue weighted by atomic mass is 35.5. The van der Waals surface area contributed by atoms with Crippen molar-refractivity contribution in [3.63, 3.8) is 0 Å². The fourth-order valence-electron chi connectivity index (χ4n) is 4.48. The van der Waals surface area contributed by atoms with Crippen molar-refractivity contribution < 1.29 is 0 Å². The average molecular weight is 314 g/mol. The van der Waals surface area contributed by atoms with E-state index < -0.39 is 0 Å². The monoisotopic (exact) mass is 313 g/mol. The zero-order valence-electron chi connectivity index (χ0n) is 12.6. The zero-order valence-corrected chi connectivity index (χ0v) is 14.1. The highest BCUT2D eigenvalue weighted by Crippen LogP contribution is 2.48. The van der Waals surface area contributed by atoms with Gasteiger partial charge < -0.3 is 4.90 Å². The lowest BCUT2D eigenvalue weighted by Gasteiger charge is -2.45. The molecular weight excluding hydrogens is 289 g/mol. The van der Waals surface area contributed by atoms with Gasteiger partial charge in [0.25, 0.3) is 0 Å². The maximum Gasteiger partial charge on any atom is 0.0406 e. The molecule has 2 heterocycles. The van der Waals surface area contributed by atoms with Crippen LogP contribution in [0, 0.1) is 11.8 Å². The van der Waals surface area contributed by atoms with Crippen molar-refractivity contribution in [2.24, 2.45) is 11.8 Å².